The Hall–Kier alpha value is -2.18. The van der Waals surface area contributed by atoms with Crippen molar-refractivity contribution in [1.82, 2.24) is 9.62 Å². The van der Waals surface area contributed by atoms with Gasteiger partial charge in [0.1, 0.15) is 0 Å². The topological polar surface area (TPSA) is 66.5 Å². The first-order chi connectivity index (χ1) is 13.5. The molecule has 0 radical (unpaired) electrons. The molecular formula is C23H32N2O3S. The number of hydrogen-bond donors (Lipinski definition) is 1. The highest BCUT2D eigenvalue weighted by molar-refractivity contribution is 7.89. The maximum absolute atomic E-state index is 13.6. The second-order valence-corrected chi connectivity index (χ2v) is 10.1. The van der Waals surface area contributed by atoms with Crippen molar-refractivity contribution in [1.29, 1.82) is 0 Å². The minimum atomic E-state index is -3.85. The lowest BCUT2D eigenvalue weighted by molar-refractivity contribution is -0.121. The van der Waals surface area contributed by atoms with E-state index >= 15 is 0 Å². The van der Waals surface area contributed by atoms with Gasteiger partial charge < -0.3 is 5.32 Å². The molecule has 0 atom stereocenters. The molecule has 0 spiro atoms. The maximum Gasteiger partial charge on any atom is 0.244 e. The minimum Gasteiger partial charge on any atom is -0.355 e. The van der Waals surface area contributed by atoms with Crippen LogP contribution in [-0.4, -0.2) is 31.7 Å². The van der Waals surface area contributed by atoms with Crippen molar-refractivity contribution in [2.75, 3.05) is 13.1 Å². The highest BCUT2D eigenvalue weighted by Gasteiger charge is 2.30. The molecule has 1 N–H and O–H groups in total. The molecule has 0 fully saturated rings. The van der Waals surface area contributed by atoms with Gasteiger partial charge in [-0.2, -0.15) is 4.31 Å². The van der Waals surface area contributed by atoms with Gasteiger partial charge in [-0.1, -0.05) is 61.4 Å². The van der Waals surface area contributed by atoms with Crippen molar-refractivity contribution in [3.05, 3.63) is 64.2 Å². The Morgan fingerprint density at radius 3 is 2.03 bits per heavy atom. The van der Waals surface area contributed by atoms with E-state index in [2.05, 4.69) is 5.32 Å². The first-order valence-corrected chi connectivity index (χ1v) is 11.3. The van der Waals surface area contributed by atoms with E-state index in [9.17, 15) is 13.2 Å². The molecule has 0 saturated heterocycles. The molecule has 2 aromatic carbocycles. The molecular weight excluding hydrogens is 384 g/mol. The van der Waals surface area contributed by atoms with Gasteiger partial charge in [0.2, 0.25) is 15.9 Å². The van der Waals surface area contributed by atoms with Crippen LogP contribution in [0, 0.1) is 33.6 Å². The fourth-order valence-electron chi connectivity index (χ4n) is 3.36. The Bertz CT molecular complexity index is 941. The molecule has 2 rings (SSSR count). The molecule has 0 aliphatic rings. The zero-order valence-electron chi connectivity index (χ0n) is 18.2. The van der Waals surface area contributed by atoms with Gasteiger partial charge in [-0.15, -0.1) is 0 Å². The van der Waals surface area contributed by atoms with Gasteiger partial charge in [-0.3, -0.25) is 4.79 Å². The molecule has 5 nitrogen and oxygen atoms in total. The predicted molar refractivity (Wildman–Crippen MR) is 117 cm³/mol. The number of sulfonamides is 1. The lowest BCUT2D eigenvalue weighted by atomic mass is 10.1. The third-order valence-corrected chi connectivity index (χ3v) is 6.81. The van der Waals surface area contributed by atoms with E-state index < -0.39 is 10.0 Å². The van der Waals surface area contributed by atoms with Crippen LogP contribution in [0.3, 0.4) is 0 Å². The van der Waals surface area contributed by atoms with Crippen LogP contribution < -0.4 is 5.32 Å². The summed E-state index contributed by atoms with van der Waals surface area (Å²) in [7, 11) is -3.85. The second-order valence-electron chi connectivity index (χ2n) is 8.18. The summed E-state index contributed by atoms with van der Waals surface area (Å²) in [6, 6.07) is 11.4. The monoisotopic (exact) mass is 416 g/mol. The molecule has 1 amide bonds. The van der Waals surface area contributed by atoms with Gasteiger partial charge in [-0.05, 0) is 50.3 Å². The van der Waals surface area contributed by atoms with Crippen LogP contribution in [0.25, 0.3) is 0 Å². The highest BCUT2D eigenvalue weighted by atomic mass is 32.2. The molecule has 0 saturated carbocycles. The van der Waals surface area contributed by atoms with Gasteiger partial charge in [0, 0.05) is 13.1 Å². The summed E-state index contributed by atoms with van der Waals surface area (Å²) in [5, 5.41) is 2.82. The number of nitrogens with zero attached hydrogens (tertiary/aromatic N) is 1. The number of hydrogen-bond acceptors (Lipinski definition) is 3. The molecule has 158 valence electrons. The molecule has 0 bridgehead atoms. The summed E-state index contributed by atoms with van der Waals surface area (Å²) < 4.78 is 28.4. The van der Waals surface area contributed by atoms with E-state index in [-0.39, 0.29) is 23.9 Å². The normalized spacial score (nSPS) is 11.9. The molecule has 0 heterocycles. The highest BCUT2D eigenvalue weighted by Crippen LogP contribution is 2.26. The number of carbonyl (C=O) groups is 1. The largest absolute Gasteiger partial charge is 0.355 e. The average molecular weight is 417 g/mol. The Balaban J connectivity index is 2.42. The average Bonchev–Trinajstić information content (AvgIpc) is 2.60. The first kappa shape index (κ1) is 23.1. The third-order valence-electron chi connectivity index (χ3n) is 4.71. The van der Waals surface area contributed by atoms with E-state index in [0.717, 1.165) is 16.7 Å². The second kappa shape index (κ2) is 9.55. The molecule has 6 heteroatoms. The molecule has 2 aromatic rings. The SMILES string of the molecule is Cc1ccc(CN(CC(=O)NCC(C)C)S(=O)(=O)c2c(C)cc(C)cc2C)cc1. The van der Waals surface area contributed by atoms with E-state index in [1.54, 1.807) is 13.8 Å². The van der Waals surface area contributed by atoms with Crippen LogP contribution in [0.1, 0.15) is 41.7 Å². The number of carbonyl (C=O) groups excluding carboxylic acids is 1. The zero-order chi connectivity index (χ0) is 21.8. The Morgan fingerprint density at radius 2 is 1.52 bits per heavy atom. The number of benzene rings is 2. The van der Waals surface area contributed by atoms with Gasteiger partial charge in [0.25, 0.3) is 0 Å². The van der Waals surface area contributed by atoms with Crippen LogP contribution in [0.15, 0.2) is 41.3 Å². The van der Waals surface area contributed by atoms with E-state index in [1.165, 1.54) is 4.31 Å². The van der Waals surface area contributed by atoms with Crippen molar-refractivity contribution < 1.29 is 13.2 Å². The minimum absolute atomic E-state index is 0.143. The Kier molecular flexibility index (Phi) is 7.60. The fraction of sp³-hybridized carbons (Fsp3) is 0.435. The molecule has 0 aliphatic heterocycles. The molecule has 0 unspecified atom stereocenters. The predicted octanol–water partition coefficient (Wildman–Crippen LogP) is 3.88. The molecule has 29 heavy (non-hydrogen) atoms. The summed E-state index contributed by atoms with van der Waals surface area (Å²) >= 11 is 0. The number of amides is 1. The van der Waals surface area contributed by atoms with Crippen LogP contribution in [0.5, 0.6) is 0 Å². The Morgan fingerprint density at radius 1 is 0.966 bits per heavy atom. The van der Waals surface area contributed by atoms with Crippen molar-refractivity contribution in [3.63, 3.8) is 0 Å². The van der Waals surface area contributed by atoms with E-state index in [1.807, 2.05) is 64.1 Å². The summed E-state index contributed by atoms with van der Waals surface area (Å²) in [4.78, 5) is 12.8. The smallest absolute Gasteiger partial charge is 0.244 e. The summed E-state index contributed by atoms with van der Waals surface area (Å²) in [5.41, 5.74) is 4.35. The van der Waals surface area contributed by atoms with Crippen molar-refractivity contribution in [3.8, 4) is 0 Å². The number of nitrogens with one attached hydrogen (secondary N) is 1. The zero-order valence-corrected chi connectivity index (χ0v) is 19.1. The van der Waals surface area contributed by atoms with E-state index in [0.29, 0.717) is 23.6 Å². The lowest BCUT2D eigenvalue weighted by Gasteiger charge is -2.24. The van der Waals surface area contributed by atoms with Gasteiger partial charge in [0.05, 0.1) is 11.4 Å². The number of aryl methyl sites for hydroxylation is 4. The van der Waals surface area contributed by atoms with Crippen LogP contribution >= 0.6 is 0 Å². The summed E-state index contributed by atoms with van der Waals surface area (Å²) in [5.74, 6) is -0.000465. The van der Waals surface area contributed by atoms with Crippen molar-refractivity contribution >= 4 is 15.9 Å². The van der Waals surface area contributed by atoms with E-state index in [4.69, 9.17) is 0 Å². The van der Waals surface area contributed by atoms with Gasteiger partial charge in [0.15, 0.2) is 0 Å². The van der Waals surface area contributed by atoms with Gasteiger partial charge >= 0.3 is 0 Å². The Labute approximate surface area is 175 Å². The van der Waals surface area contributed by atoms with Crippen molar-refractivity contribution in [2.45, 2.75) is 53.0 Å². The molecule has 0 aliphatic carbocycles. The molecule has 0 aromatic heterocycles. The third kappa shape index (κ3) is 6.15. The summed E-state index contributed by atoms with van der Waals surface area (Å²) in [6.45, 7) is 12.0. The van der Waals surface area contributed by atoms with Crippen LogP contribution in [0.4, 0.5) is 0 Å². The number of rotatable bonds is 8. The van der Waals surface area contributed by atoms with Crippen molar-refractivity contribution in [2.24, 2.45) is 5.92 Å². The van der Waals surface area contributed by atoms with Crippen LogP contribution in [-0.2, 0) is 21.4 Å². The van der Waals surface area contributed by atoms with Crippen LogP contribution in [0.2, 0.25) is 0 Å². The summed E-state index contributed by atoms with van der Waals surface area (Å²) in [6.07, 6.45) is 0. The quantitative estimate of drug-likeness (QED) is 0.710. The van der Waals surface area contributed by atoms with Gasteiger partial charge in [-0.25, -0.2) is 8.42 Å². The maximum atomic E-state index is 13.6. The fourth-order valence-corrected chi connectivity index (χ4v) is 5.16. The first-order valence-electron chi connectivity index (χ1n) is 9.91. The standard InChI is InChI=1S/C23H32N2O3S/c1-16(2)13-24-22(26)15-25(14-21-9-7-17(3)8-10-21)29(27,28)23-19(5)11-18(4)12-20(23)6/h7-12,16H,13-15H2,1-6H3,(H,24,26). The lowest BCUT2D eigenvalue weighted by Crippen LogP contribution is -2.41.